The quantitative estimate of drug-likeness (QED) is 0.211. The van der Waals surface area contributed by atoms with E-state index < -0.39 is 11.4 Å². The first kappa shape index (κ1) is 29.8. The van der Waals surface area contributed by atoms with E-state index in [9.17, 15) is 14.7 Å². The number of pyridine rings is 1. The third kappa shape index (κ3) is 5.70. The lowest BCUT2D eigenvalue weighted by Gasteiger charge is -2.29. The fourth-order valence-electron chi connectivity index (χ4n) is 5.43. The minimum Gasteiger partial charge on any atom is -0.494 e. The molecule has 9 nitrogen and oxygen atoms in total. The van der Waals surface area contributed by atoms with E-state index >= 15 is 0 Å². The van der Waals surface area contributed by atoms with Gasteiger partial charge >= 0.3 is 5.97 Å². The Balaban J connectivity index is 1.61. The first-order valence-electron chi connectivity index (χ1n) is 13.9. The predicted octanol–water partition coefficient (Wildman–Crippen LogP) is 6.36. The van der Waals surface area contributed by atoms with E-state index in [1.165, 1.54) is 0 Å². The van der Waals surface area contributed by atoms with E-state index in [2.05, 4.69) is 31.2 Å². The number of aromatic carboxylic acids is 1. The maximum Gasteiger partial charge on any atom is 0.335 e. The van der Waals surface area contributed by atoms with E-state index in [-0.39, 0.29) is 23.6 Å². The van der Waals surface area contributed by atoms with Crippen LogP contribution in [0.15, 0.2) is 72.9 Å². The number of amides is 1. The highest BCUT2D eigenvalue weighted by Gasteiger charge is 2.42. The zero-order chi connectivity index (χ0) is 31.1. The maximum atomic E-state index is 12.7. The molecular weight excluding hydrogens is 562 g/mol. The molecule has 0 saturated carbocycles. The number of nitrogens with zero attached hydrogens (tertiary/aromatic N) is 3. The molecule has 0 unspecified atom stereocenters. The largest absolute Gasteiger partial charge is 0.494 e. The monoisotopic (exact) mass is 597 g/mol. The lowest BCUT2D eigenvalue weighted by molar-refractivity contribution is -0.123. The minimum atomic E-state index is -0.966. The average molecular weight is 598 g/mol. The van der Waals surface area contributed by atoms with Gasteiger partial charge in [0.05, 0.1) is 36.1 Å². The molecule has 0 radical (unpaired) electrons. The number of hydrogen-bond acceptors (Lipinski definition) is 5. The first-order chi connectivity index (χ1) is 20.4. The van der Waals surface area contributed by atoms with Crippen LogP contribution in [0.2, 0.25) is 0 Å². The molecule has 1 amide bonds. The van der Waals surface area contributed by atoms with Crippen molar-refractivity contribution in [1.82, 2.24) is 14.9 Å². The number of methoxy groups -OCH3 is 1. The number of aromatic nitrogens is 2. The van der Waals surface area contributed by atoms with E-state index in [4.69, 9.17) is 17.0 Å². The fraction of sp³-hybridized carbons (Fsp3) is 0.273. The van der Waals surface area contributed by atoms with Crippen molar-refractivity contribution in [1.29, 1.82) is 0 Å². The number of rotatable bonds is 7. The van der Waals surface area contributed by atoms with E-state index in [0.29, 0.717) is 16.5 Å². The van der Waals surface area contributed by atoms with Crippen molar-refractivity contribution in [2.24, 2.45) is 5.41 Å². The zero-order valence-corrected chi connectivity index (χ0v) is 25.8. The number of hydrogen-bond donors (Lipinski definition) is 3. The van der Waals surface area contributed by atoms with Gasteiger partial charge in [0.15, 0.2) is 5.11 Å². The van der Waals surface area contributed by atoms with Crippen molar-refractivity contribution in [3.8, 4) is 11.4 Å². The second-order valence-corrected chi connectivity index (χ2v) is 12.0. The van der Waals surface area contributed by atoms with Crippen molar-refractivity contribution in [2.75, 3.05) is 17.3 Å². The number of carbonyl (C=O) groups is 2. The number of anilines is 2. The van der Waals surface area contributed by atoms with Gasteiger partial charge < -0.3 is 29.9 Å². The summed E-state index contributed by atoms with van der Waals surface area (Å²) in [7, 11) is 1.57. The van der Waals surface area contributed by atoms with Gasteiger partial charge in [0.25, 0.3) is 0 Å². The van der Waals surface area contributed by atoms with E-state index in [0.717, 1.165) is 34.0 Å². The number of ether oxygens (including phenoxy) is 1. The Morgan fingerprint density at radius 1 is 1.02 bits per heavy atom. The molecule has 2 atom stereocenters. The summed E-state index contributed by atoms with van der Waals surface area (Å²) in [6, 6.07) is 19.9. The van der Waals surface area contributed by atoms with Gasteiger partial charge in [-0.05, 0) is 86.2 Å². The molecular formula is C33H35N5O4S. The molecule has 1 aliphatic heterocycles. The lowest BCUT2D eigenvalue weighted by atomic mass is 9.95. The SMILES string of the molecule is COc1cc(N2C(=S)N[C@H](c3ccccn3)[C@@H]2c2cc(C)n(-c3ccc(C(=O)O)cc3)c2C)ccc1NC(=O)C(C)(C)C. The second kappa shape index (κ2) is 11.5. The summed E-state index contributed by atoms with van der Waals surface area (Å²) < 4.78 is 7.83. The Kier molecular flexibility index (Phi) is 7.98. The van der Waals surface area contributed by atoms with Gasteiger partial charge in [-0.2, -0.15) is 0 Å². The molecule has 0 spiro atoms. The van der Waals surface area contributed by atoms with Gasteiger partial charge in [0.2, 0.25) is 5.91 Å². The summed E-state index contributed by atoms with van der Waals surface area (Å²) in [5, 5.41) is 16.4. The number of thiocarbonyl (C=S) groups is 1. The molecule has 2 aromatic heterocycles. The van der Waals surface area contributed by atoms with Crippen molar-refractivity contribution < 1.29 is 19.4 Å². The Hall–Kier alpha value is -4.70. The summed E-state index contributed by atoms with van der Waals surface area (Å²) in [6.45, 7) is 9.65. The van der Waals surface area contributed by atoms with Crippen LogP contribution < -0.4 is 20.3 Å². The molecule has 222 valence electrons. The van der Waals surface area contributed by atoms with Gasteiger partial charge in [0, 0.05) is 40.4 Å². The highest BCUT2D eigenvalue weighted by Crippen LogP contribution is 2.45. The van der Waals surface area contributed by atoms with Crippen molar-refractivity contribution >= 4 is 40.6 Å². The Bertz CT molecular complexity index is 1690. The summed E-state index contributed by atoms with van der Waals surface area (Å²) in [5.74, 6) is -0.567. The lowest BCUT2D eigenvalue weighted by Crippen LogP contribution is -2.30. The summed E-state index contributed by atoms with van der Waals surface area (Å²) >= 11 is 5.94. The molecule has 4 aromatic rings. The Labute approximate surface area is 256 Å². The number of carboxylic acid groups (broad SMARTS) is 1. The van der Waals surface area contributed by atoms with Crippen LogP contribution in [0.5, 0.6) is 5.75 Å². The van der Waals surface area contributed by atoms with Crippen LogP contribution in [0.25, 0.3) is 5.69 Å². The van der Waals surface area contributed by atoms with Crippen LogP contribution in [-0.4, -0.2) is 38.8 Å². The molecule has 1 saturated heterocycles. The molecule has 5 rings (SSSR count). The zero-order valence-electron chi connectivity index (χ0n) is 25.0. The van der Waals surface area contributed by atoms with Gasteiger partial charge in [-0.25, -0.2) is 4.79 Å². The molecule has 10 heteroatoms. The van der Waals surface area contributed by atoms with Crippen LogP contribution >= 0.6 is 12.2 Å². The van der Waals surface area contributed by atoms with Crippen LogP contribution in [0.4, 0.5) is 11.4 Å². The highest BCUT2D eigenvalue weighted by molar-refractivity contribution is 7.80. The molecule has 43 heavy (non-hydrogen) atoms. The van der Waals surface area contributed by atoms with Gasteiger partial charge in [0.1, 0.15) is 5.75 Å². The predicted molar refractivity (Wildman–Crippen MR) is 171 cm³/mol. The van der Waals surface area contributed by atoms with Crippen LogP contribution in [0.1, 0.15) is 65.9 Å². The van der Waals surface area contributed by atoms with Crippen LogP contribution in [0, 0.1) is 19.3 Å². The molecule has 0 bridgehead atoms. The molecule has 0 aliphatic carbocycles. The Morgan fingerprint density at radius 3 is 2.33 bits per heavy atom. The topological polar surface area (TPSA) is 109 Å². The maximum absolute atomic E-state index is 12.7. The van der Waals surface area contributed by atoms with Crippen LogP contribution in [-0.2, 0) is 4.79 Å². The molecule has 3 heterocycles. The number of nitrogens with one attached hydrogen (secondary N) is 2. The van der Waals surface area contributed by atoms with Gasteiger partial charge in [-0.3, -0.25) is 9.78 Å². The average Bonchev–Trinajstić information content (AvgIpc) is 3.47. The molecule has 1 fully saturated rings. The van der Waals surface area contributed by atoms with E-state index in [1.54, 1.807) is 25.4 Å². The second-order valence-electron chi connectivity index (χ2n) is 11.6. The summed E-state index contributed by atoms with van der Waals surface area (Å²) in [6.07, 6.45) is 1.77. The number of carboxylic acids is 1. The third-order valence-corrected chi connectivity index (χ3v) is 7.97. The number of carbonyl (C=O) groups excluding carboxylic acids is 1. The standard InChI is InChI=1S/C33H35N5O4S/c1-19-17-24(20(2)37(19)22-12-10-21(11-13-22)30(39)40)29-28(26-9-7-8-16-34-26)36-32(43)38(29)23-14-15-25(27(18-23)42-6)35-31(41)33(3,4)5/h7-18,28-29H,1-6H3,(H,35,41)(H,36,43)(H,39,40)/t28-,29+/m1/s1. The first-order valence-corrected chi connectivity index (χ1v) is 14.3. The number of aryl methyl sites for hydroxylation is 1. The summed E-state index contributed by atoms with van der Waals surface area (Å²) in [4.78, 5) is 30.9. The van der Waals surface area contributed by atoms with Gasteiger partial charge in [-0.1, -0.05) is 26.8 Å². The number of benzene rings is 2. The fourth-order valence-corrected chi connectivity index (χ4v) is 5.78. The molecule has 1 aliphatic rings. The highest BCUT2D eigenvalue weighted by atomic mass is 32.1. The summed E-state index contributed by atoms with van der Waals surface area (Å²) in [5.41, 5.74) is 5.75. The molecule has 2 aromatic carbocycles. The van der Waals surface area contributed by atoms with Crippen molar-refractivity contribution in [3.63, 3.8) is 0 Å². The van der Waals surface area contributed by atoms with Crippen molar-refractivity contribution in [2.45, 2.75) is 46.7 Å². The van der Waals surface area contributed by atoms with Gasteiger partial charge in [-0.15, -0.1) is 0 Å². The normalized spacial score (nSPS) is 16.6. The van der Waals surface area contributed by atoms with E-state index in [1.807, 2.05) is 83.1 Å². The van der Waals surface area contributed by atoms with Crippen molar-refractivity contribution in [3.05, 3.63) is 101 Å². The third-order valence-electron chi connectivity index (χ3n) is 7.65. The smallest absolute Gasteiger partial charge is 0.335 e. The molecule has 3 N–H and O–H groups in total. The Morgan fingerprint density at radius 2 is 1.72 bits per heavy atom. The van der Waals surface area contributed by atoms with Crippen LogP contribution in [0.3, 0.4) is 0 Å². The minimum absolute atomic E-state index is 0.117.